The lowest BCUT2D eigenvalue weighted by atomic mass is 10.0. The van der Waals surface area contributed by atoms with Crippen LogP contribution in [0.5, 0.6) is 0 Å². The van der Waals surface area contributed by atoms with E-state index < -0.39 is 51.1 Å². The summed E-state index contributed by atoms with van der Waals surface area (Å²) in [6, 6.07) is 0. The minimum absolute atomic E-state index is 0.0276. The lowest BCUT2D eigenvalue weighted by Crippen LogP contribution is -2.62. The lowest BCUT2D eigenvalue weighted by molar-refractivity contribution is -0.143. The van der Waals surface area contributed by atoms with E-state index in [1.165, 1.54) is 23.6 Å². The summed E-state index contributed by atoms with van der Waals surface area (Å²) in [6.45, 7) is 0.614. The van der Waals surface area contributed by atoms with Crippen LogP contribution in [0.2, 0.25) is 0 Å². The molecule has 11 heteroatoms. The molecule has 2 aliphatic rings. The van der Waals surface area contributed by atoms with Gasteiger partial charge in [-0.1, -0.05) is 0 Å². The number of carboxylic acids is 1. The van der Waals surface area contributed by atoms with Crippen LogP contribution in [0.15, 0.2) is 28.4 Å². The van der Waals surface area contributed by atoms with Crippen molar-refractivity contribution in [3.8, 4) is 0 Å². The van der Waals surface area contributed by atoms with Crippen molar-refractivity contribution >= 4 is 45.1 Å². The molecule has 0 radical (unpaired) electrons. The third-order valence-corrected chi connectivity index (χ3v) is 6.26. The number of aliphatic carboxylic acids is 1. The Morgan fingerprint density at radius 3 is 2.80 bits per heavy atom. The van der Waals surface area contributed by atoms with E-state index in [1.807, 2.05) is 0 Å². The first kappa shape index (κ1) is 17.3. The fourth-order valence-electron chi connectivity index (χ4n) is 2.68. The number of fused-ring (bicyclic) bond motifs is 1. The van der Waals surface area contributed by atoms with Gasteiger partial charge in [0.15, 0.2) is 15.2 Å². The average molecular weight is 384 g/mol. The summed E-state index contributed by atoms with van der Waals surface area (Å²) in [5.41, 5.74) is -0.622. The molecular formula is C14H12N2O7S2. The molecule has 25 heavy (non-hydrogen) atoms. The number of sulfone groups is 1. The number of carbonyl (C=O) groups excluding carboxylic acids is 2. The van der Waals surface area contributed by atoms with Gasteiger partial charge in [-0.15, -0.1) is 11.3 Å². The van der Waals surface area contributed by atoms with Crippen LogP contribution < -0.4 is 0 Å². The molecule has 0 saturated carbocycles. The van der Waals surface area contributed by atoms with Crippen molar-refractivity contribution in [3.05, 3.63) is 33.4 Å². The van der Waals surface area contributed by atoms with Gasteiger partial charge in [-0.25, -0.2) is 18.2 Å². The third kappa shape index (κ3) is 2.96. The number of rotatable bonds is 4. The van der Waals surface area contributed by atoms with Crippen LogP contribution in [0.25, 0.3) is 6.08 Å². The highest BCUT2D eigenvalue weighted by Crippen LogP contribution is 2.41. The van der Waals surface area contributed by atoms with Crippen molar-refractivity contribution in [3.63, 3.8) is 0 Å². The van der Waals surface area contributed by atoms with Crippen LogP contribution >= 0.6 is 11.3 Å². The second kappa shape index (κ2) is 6.08. The summed E-state index contributed by atoms with van der Waals surface area (Å²) in [7, 11) is -3.87. The van der Waals surface area contributed by atoms with Crippen LogP contribution in [0, 0.1) is 0 Å². The van der Waals surface area contributed by atoms with E-state index in [1.54, 1.807) is 5.38 Å². The molecule has 2 aliphatic heterocycles. The van der Waals surface area contributed by atoms with Gasteiger partial charge in [-0.05, 0) is 6.08 Å². The summed E-state index contributed by atoms with van der Waals surface area (Å²) in [5, 5.41) is 10.2. The molecule has 3 rings (SSSR count). The Morgan fingerprint density at radius 1 is 1.52 bits per heavy atom. The average Bonchev–Trinajstić information content (AvgIpc) is 3.02. The Balaban J connectivity index is 2.04. The molecule has 0 spiro atoms. The van der Waals surface area contributed by atoms with Gasteiger partial charge in [-0.3, -0.25) is 14.5 Å². The zero-order valence-electron chi connectivity index (χ0n) is 12.8. The quantitative estimate of drug-likeness (QED) is 0.437. The first-order valence-corrected chi connectivity index (χ1v) is 9.57. The molecule has 1 fully saturated rings. The van der Waals surface area contributed by atoms with E-state index in [0.29, 0.717) is 5.01 Å². The number of ether oxygens (including phenoxy) is 1. The fourth-order valence-corrected chi connectivity index (χ4v) is 5.20. The molecule has 1 saturated heterocycles. The van der Waals surface area contributed by atoms with E-state index in [-0.39, 0.29) is 11.1 Å². The van der Waals surface area contributed by atoms with Crippen LogP contribution in [0.3, 0.4) is 0 Å². The molecule has 9 nitrogen and oxygen atoms in total. The van der Waals surface area contributed by atoms with Crippen LogP contribution in [-0.2, 0) is 29.0 Å². The second-order valence-corrected chi connectivity index (χ2v) is 8.33. The molecule has 1 amide bonds. The number of thiazole rings is 1. The van der Waals surface area contributed by atoms with Crippen molar-refractivity contribution in [2.75, 3.05) is 12.4 Å². The molecule has 0 bridgehead atoms. The third-order valence-electron chi connectivity index (χ3n) is 3.64. The van der Waals surface area contributed by atoms with Gasteiger partial charge in [0.25, 0.3) is 5.91 Å². The summed E-state index contributed by atoms with van der Waals surface area (Å²) in [4.78, 5) is 39.6. The van der Waals surface area contributed by atoms with Gasteiger partial charge in [0.1, 0.15) is 17.3 Å². The minimum Gasteiger partial charge on any atom is -0.477 e. The maximum absolute atomic E-state index is 12.5. The molecule has 3 heterocycles. The number of hydrogen-bond donors (Lipinski definition) is 1. The van der Waals surface area contributed by atoms with Crippen molar-refractivity contribution < 1.29 is 32.6 Å². The number of aromatic nitrogens is 1. The number of amides is 1. The SMILES string of the molecule is CC(=O)OCC1=C(C(=O)O)N2C(=O)/C(=C/c3nccs3)[C@H]2S(=O)(=O)C1. The number of esters is 1. The summed E-state index contributed by atoms with van der Waals surface area (Å²) in [5.74, 6) is -3.47. The Morgan fingerprint density at radius 2 is 2.24 bits per heavy atom. The van der Waals surface area contributed by atoms with E-state index in [9.17, 15) is 27.9 Å². The summed E-state index contributed by atoms with van der Waals surface area (Å²) >= 11 is 1.22. The van der Waals surface area contributed by atoms with Gasteiger partial charge in [-0.2, -0.15) is 0 Å². The van der Waals surface area contributed by atoms with Gasteiger partial charge < -0.3 is 9.84 Å². The van der Waals surface area contributed by atoms with E-state index in [4.69, 9.17) is 4.74 Å². The van der Waals surface area contributed by atoms with Gasteiger partial charge >= 0.3 is 11.9 Å². The van der Waals surface area contributed by atoms with Gasteiger partial charge in [0.2, 0.25) is 0 Å². The highest BCUT2D eigenvalue weighted by atomic mass is 32.2. The molecule has 0 aromatic carbocycles. The van der Waals surface area contributed by atoms with Crippen molar-refractivity contribution in [2.45, 2.75) is 12.3 Å². The number of hydrogen-bond acceptors (Lipinski definition) is 8. The number of carbonyl (C=O) groups is 3. The first-order chi connectivity index (χ1) is 11.7. The van der Waals surface area contributed by atoms with Crippen LogP contribution in [0.1, 0.15) is 11.9 Å². The summed E-state index contributed by atoms with van der Waals surface area (Å²) in [6.07, 6.45) is 2.86. The normalized spacial score (nSPS) is 23.2. The largest absolute Gasteiger partial charge is 0.477 e. The Hall–Kier alpha value is -2.53. The minimum atomic E-state index is -3.87. The van der Waals surface area contributed by atoms with E-state index in [2.05, 4.69) is 4.98 Å². The molecule has 0 aliphatic carbocycles. The predicted octanol–water partition coefficient (Wildman–Crippen LogP) is 0.0250. The van der Waals surface area contributed by atoms with E-state index in [0.717, 1.165) is 11.8 Å². The molecule has 132 valence electrons. The monoisotopic (exact) mass is 384 g/mol. The van der Waals surface area contributed by atoms with Crippen LogP contribution in [0.4, 0.5) is 0 Å². The Kier molecular flexibility index (Phi) is 4.21. The smallest absolute Gasteiger partial charge is 0.352 e. The van der Waals surface area contributed by atoms with Gasteiger partial charge in [0, 0.05) is 24.1 Å². The fraction of sp³-hybridized carbons (Fsp3) is 0.286. The highest BCUT2D eigenvalue weighted by Gasteiger charge is 2.56. The van der Waals surface area contributed by atoms with Crippen molar-refractivity contribution in [2.24, 2.45) is 0 Å². The van der Waals surface area contributed by atoms with E-state index >= 15 is 0 Å². The summed E-state index contributed by atoms with van der Waals surface area (Å²) < 4.78 is 29.8. The number of nitrogens with zero attached hydrogens (tertiary/aromatic N) is 2. The number of carboxylic acid groups (broad SMARTS) is 1. The van der Waals surface area contributed by atoms with Gasteiger partial charge in [0.05, 0.1) is 11.3 Å². The predicted molar refractivity (Wildman–Crippen MR) is 85.8 cm³/mol. The Labute approximate surface area is 146 Å². The lowest BCUT2D eigenvalue weighted by Gasteiger charge is -2.45. The molecule has 0 unspecified atom stereocenters. The van der Waals surface area contributed by atoms with Crippen molar-refractivity contribution in [1.82, 2.24) is 9.88 Å². The van der Waals surface area contributed by atoms with Crippen molar-refractivity contribution in [1.29, 1.82) is 0 Å². The van der Waals surface area contributed by atoms with Crippen LogP contribution in [-0.4, -0.2) is 59.0 Å². The zero-order chi connectivity index (χ0) is 18.4. The molecule has 1 N–H and O–H groups in total. The highest BCUT2D eigenvalue weighted by molar-refractivity contribution is 7.92. The Bertz CT molecular complexity index is 928. The molecular weight excluding hydrogens is 372 g/mol. The topological polar surface area (TPSA) is 131 Å². The molecule has 1 atom stereocenters. The second-order valence-electron chi connectivity index (χ2n) is 5.34. The maximum Gasteiger partial charge on any atom is 0.352 e. The maximum atomic E-state index is 12.5. The molecule has 1 aromatic heterocycles. The zero-order valence-corrected chi connectivity index (χ0v) is 14.5. The number of β-lactam (4-membered cyclic amide) rings is 1. The standard InChI is InChI=1S/C14H12N2O7S2/c1-7(17)23-5-8-6-25(21,22)13-9(4-10-15-2-3-24-10)12(18)16(13)11(8)14(19)20/h2-4,13H,5-6H2,1H3,(H,19,20)/b9-4-/t13-/m1/s1. The first-order valence-electron chi connectivity index (χ1n) is 6.97. The molecule has 1 aromatic rings.